The number of H-pyrrole nitrogens is 1. The largest absolute Gasteiger partial charge is 0.477 e. The number of carboxylic acid groups (broad SMARTS) is 1. The van der Waals surface area contributed by atoms with Crippen molar-refractivity contribution in [1.82, 2.24) is 4.98 Å². The third-order valence-corrected chi connectivity index (χ3v) is 2.52. The average molecular weight is 167 g/mol. The Kier molecular flexibility index (Phi) is 1.22. The fourth-order valence-electron chi connectivity index (χ4n) is 0.954. The number of fused-ring (bicyclic) bond motifs is 1. The van der Waals surface area contributed by atoms with E-state index < -0.39 is 5.97 Å². The van der Waals surface area contributed by atoms with Crippen LogP contribution in [0, 0.1) is 0 Å². The van der Waals surface area contributed by atoms with Gasteiger partial charge in [-0.05, 0) is 12.1 Å². The van der Waals surface area contributed by atoms with Crippen molar-refractivity contribution < 1.29 is 9.90 Å². The Labute approximate surface area is 66.3 Å². The van der Waals surface area contributed by atoms with Crippen LogP contribution < -0.4 is 0 Å². The molecule has 0 fully saturated rings. The number of carboxylic acids is 1. The van der Waals surface area contributed by atoms with E-state index in [0.29, 0.717) is 4.88 Å². The zero-order valence-electron chi connectivity index (χ0n) is 5.50. The first-order valence-corrected chi connectivity index (χ1v) is 3.89. The maximum absolute atomic E-state index is 10.5. The minimum absolute atomic E-state index is 0.381. The van der Waals surface area contributed by atoms with Crippen molar-refractivity contribution in [1.29, 1.82) is 0 Å². The number of thiophene rings is 1. The molecule has 0 aliphatic heterocycles. The summed E-state index contributed by atoms with van der Waals surface area (Å²) in [6.07, 6.45) is 1.80. The first-order chi connectivity index (χ1) is 5.27. The van der Waals surface area contributed by atoms with Gasteiger partial charge >= 0.3 is 5.97 Å². The summed E-state index contributed by atoms with van der Waals surface area (Å²) in [5, 5.41) is 9.57. The second-order valence-corrected chi connectivity index (χ2v) is 3.23. The lowest BCUT2D eigenvalue weighted by Gasteiger charge is -1.80. The van der Waals surface area contributed by atoms with Crippen molar-refractivity contribution >= 4 is 27.5 Å². The number of aromatic nitrogens is 1. The van der Waals surface area contributed by atoms with E-state index in [1.165, 1.54) is 11.3 Å². The number of rotatable bonds is 1. The first kappa shape index (κ1) is 6.42. The van der Waals surface area contributed by atoms with Gasteiger partial charge in [-0.1, -0.05) is 0 Å². The second-order valence-electron chi connectivity index (χ2n) is 2.18. The van der Waals surface area contributed by atoms with E-state index in [4.69, 9.17) is 5.11 Å². The molecule has 2 aromatic heterocycles. The number of hydrogen-bond donors (Lipinski definition) is 2. The molecule has 0 aliphatic carbocycles. The van der Waals surface area contributed by atoms with Crippen molar-refractivity contribution in [3.63, 3.8) is 0 Å². The Morgan fingerprint density at radius 3 is 3.09 bits per heavy atom. The van der Waals surface area contributed by atoms with Crippen molar-refractivity contribution in [2.45, 2.75) is 0 Å². The van der Waals surface area contributed by atoms with E-state index in [1.54, 1.807) is 12.3 Å². The van der Waals surface area contributed by atoms with Crippen LogP contribution in [0.15, 0.2) is 18.3 Å². The molecule has 2 N–H and O–H groups in total. The Bertz CT molecular complexity index is 373. The van der Waals surface area contributed by atoms with E-state index in [9.17, 15) is 4.79 Å². The molecule has 2 rings (SSSR count). The van der Waals surface area contributed by atoms with Crippen LogP contribution in [0.4, 0.5) is 0 Å². The van der Waals surface area contributed by atoms with Gasteiger partial charge in [-0.25, -0.2) is 4.79 Å². The molecule has 2 aromatic rings. The van der Waals surface area contributed by atoms with Gasteiger partial charge in [-0.15, -0.1) is 11.3 Å². The predicted molar refractivity (Wildman–Crippen MR) is 43.1 cm³/mol. The van der Waals surface area contributed by atoms with Crippen LogP contribution in [0.25, 0.3) is 10.2 Å². The maximum atomic E-state index is 10.5. The van der Waals surface area contributed by atoms with Gasteiger partial charge in [0.15, 0.2) is 0 Å². The summed E-state index contributed by atoms with van der Waals surface area (Å²) >= 11 is 1.26. The summed E-state index contributed by atoms with van der Waals surface area (Å²) in [5.74, 6) is -0.861. The molecule has 0 aromatic carbocycles. The quantitative estimate of drug-likeness (QED) is 0.681. The molecular formula is C7H5NO2S. The molecule has 2 heterocycles. The number of nitrogens with one attached hydrogen (secondary N) is 1. The lowest BCUT2D eigenvalue weighted by molar-refractivity contribution is 0.0702. The zero-order valence-corrected chi connectivity index (χ0v) is 6.31. The topological polar surface area (TPSA) is 53.1 Å². The molecule has 0 saturated heterocycles. The van der Waals surface area contributed by atoms with E-state index in [2.05, 4.69) is 4.98 Å². The molecule has 0 bridgehead atoms. The fraction of sp³-hybridized carbons (Fsp3) is 0. The molecule has 4 heteroatoms. The predicted octanol–water partition coefficient (Wildman–Crippen LogP) is 1.93. The summed E-state index contributed by atoms with van der Waals surface area (Å²) in [6.45, 7) is 0. The van der Waals surface area contributed by atoms with Gasteiger partial charge in [-0.3, -0.25) is 0 Å². The summed E-state index contributed by atoms with van der Waals surface area (Å²) in [5.41, 5.74) is 0. The zero-order chi connectivity index (χ0) is 7.84. The molecule has 0 amide bonds. The molecule has 0 saturated carbocycles. The van der Waals surface area contributed by atoms with E-state index in [-0.39, 0.29) is 0 Å². The Morgan fingerprint density at radius 1 is 1.64 bits per heavy atom. The molecule has 0 unspecified atom stereocenters. The minimum Gasteiger partial charge on any atom is -0.477 e. The van der Waals surface area contributed by atoms with Crippen LogP contribution in [0.1, 0.15) is 9.67 Å². The highest BCUT2D eigenvalue weighted by Crippen LogP contribution is 2.23. The summed E-state index contributed by atoms with van der Waals surface area (Å²) < 4.78 is 0. The van der Waals surface area contributed by atoms with Gasteiger partial charge < -0.3 is 10.1 Å². The Morgan fingerprint density at radius 2 is 2.45 bits per heavy atom. The lowest BCUT2D eigenvalue weighted by Crippen LogP contribution is -1.89. The number of aromatic amines is 1. The SMILES string of the molecule is O=C(O)c1cc2cc[nH]c2s1. The van der Waals surface area contributed by atoms with Crippen LogP contribution >= 0.6 is 11.3 Å². The third-order valence-electron chi connectivity index (χ3n) is 1.45. The molecular weight excluding hydrogens is 162 g/mol. The van der Waals surface area contributed by atoms with Gasteiger partial charge in [0.1, 0.15) is 9.71 Å². The molecule has 0 radical (unpaired) electrons. The smallest absolute Gasteiger partial charge is 0.345 e. The monoisotopic (exact) mass is 167 g/mol. The van der Waals surface area contributed by atoms with Gasteiger partial charge in [0.05, 0.1) is 0 Å². The standard InChI is InChI=1S/C7H5NO2S/c9-7(10)5-3-4-1-2-8-6(4)11-5/h1-3,8H,(H,9,10). The van der Waals surface area contributed by atoms with Crippen LogP contribution in [0.5, 0.6) is 0 Å². The summed E-state index contributed by atoms with van der Waals surface area (Å²) in [4.78, 5) is 14.7. The van der Waals surface area contributed by atoms with Crippen LogP contribution in [-0.2, 0) is 0 Å². The van der Waals surface area contributed by atoms with E-state index in [1.807, 2.05) is 6.07 Å². The van der Waals surface area contributed by atoms with Crippen molar-refractivity contribution in [3.8, 4) is 0 Å². The maximum Gasteiger partial charge on any atom is 0.345 e. The van der Waals surface area contributed by atoms with Crippen molar-refractivity contribution in [2.75, 3.05) is 0 Å². The summed E-state index contributed by atoms with van der Waals surface area (Å²) in [7, 11) is 0. The molecule has 11 heavy (non-hydrogen) atoms. The van der Waals surface area contributed by atoms with Gasteiger partial charge in [0.25, 0.3) is 0 Å². The Hall–Kier alpha value is -1.29. The molecule has 3 nitrogen and oxygen atoms in total. The number of hydrogen-bond acceptors (Lipinski definition) is 2. The van der Waals surface area contributed by atoms with Gasteiger partial charge in [-0.2, -0.15) is 0 Å². The highest BCUT2D eigenvalue weighted by molar-refractivity contribution is 7.20. The van der Waals surface area contributed by atoms with E-state index in [0.717, 1.165) is 10.2 Å². The van der Waals surface area contributed by atoms with Crippen LogP contribution in [0.2, 0.25) is 0 Å². The highest BCUT2D eigenvalue weighted by Gasteiger charge is 2.07. The highest BCUT2D eigenvalue weighted by atomic mass is 32.1. The first-order valence-electron chi connectivity index (χ1n) is 3.07. The van der Waals surface area contributed by atoms with E-state index >= 15 is 0 Å². The molecule has 0 aliphatic rings. The summed E-state index contributed by atoms with van der Waals surface area (Å²) in [6, 6.07) is 3.52. The number of aromatic carboxylic acids is 1. The third kappa shape index (κ3) is 0.914. The molecule has 56 valence electrons. The van der Waals surface area contributed by atoms with Crippen LogP contribution in [-0.4, -0.2) is 16.1 Å². The van der Waals surface area contributed by atoms with Gasteiger partial charge in [0, 0.05) is 11.6 Å². The molecule has 0 atom stereocenters. The Balaban J connectivity index is 2.67. The minimum atomic E-state index is -0.861. The fourth-order valence-corrected chi connectivity index (χ4v) is 1.82. The van der Waals surface area contributed by atoms with Crippen molar-refractivity contribution in [3.05, 3.63) is 23.2 Å². The lowest BCUT2D eigenvalue weighted by atomic mass is 10.4. The van der Waals surface area contributed by atoms with Gasteiger partial charge in [0.2, 0.25) is 0 Å². The van der Waals surface area contributed by atoms with Crippen LogP contribution in [0.3, 0.4) is 0 Å². The average Bonchev–Trinajstić information content (AvgIpc) is 2.40. The number of carbonyl (C=O) groups is 1. The van der Waals surface area contributed by atoms with Crippen molar-refractivity contribution in [2.24, 2.45) is 0 Å². The molecule has 0 spiro atoms. The second kappa shape index (κ2) is 2.10. The normalized spacial score (nSPS) is 10.5.